The minimum absolute atomic E-state index is 0.0534. The van der Waals surface area contributed by atoms with Gasteiger partial charge in [0.1, 0.15) is 17.9 Å². The third kappa shape index (κ3) is 2.44. The van der Waals surface area contributed by atoms with E-state index in [9.17, 15) is 14.0 Å². The molecule has 2 aromatic heterocycles. The van der Waals surface area contributed by atoms with Gasteiger partial charge in [0.15, 0.2) is 5.76 Å². The summed E-state index contributed by atoms with van der Waals surface area (Å²) in [6.45, 7) is 1.22. The molecule has 1 aromatic carbocycles. The number of nitrogens with zero attached hydrogens (tertiary/aromatic N) is 3. The molecule has 3 amide bonds. The number of rotatable bonds is 4. The molecule has 1 atom stereocenters. The van der Waals surface area contributed by atoms with Gasteiger partial charge in [0, 0.05) is 5.56 Å². The average Bonchev–Trinajstić information content (AvgIpc) is 3.33. The standard InChI is InChI=1S/C17H13FN4O4/c1-17(10-5-2-3-6-11(10)18)15(23)22(16(24)20-17)9-13-19-14(21-26-13)12-7-4-8-25-12/h2-8H,9H2,1H3,(H,20,24). The molecular formula is C17H13FN4O4. The smallest absolute Gasteiger partial charge is 0.325 e. The summed E-state index contributed by atoms with van der Waals surface area (Å²) >= 11 is 0. The van der Waals surface area contributed by atoms with Gasteiger partial charge in [-0.25, -0.2) is 9.18 Å². The molecule has 1 aliphatic heterocycles. The third-order valence-corrected chi connectivity index (χ3v) is 4.19. The van der Waals surface area contributed by atoms with Crippen LogP contribution < -0.4 is 5.32 Å². The van der Waals surface area contributed by atoms with Gasteiger partial charge >= 0.3 is 6.03 Å². The third-order valence-electron chi connectivity index (χ3n) is 4.19. The van der Waals surface area contributed by atoms with Crippen LogP contribution in [-0.4, -0.2) is 27.0 Å². The first-order valence-electron chi connectivity index (χ1n) is 7.74. The molecule has 1 fully saturated rings. The second kappa shape index (κ2) is 5.80. The highest BCUT2D eigenvalue weighted by molar-refractivity contribution is 6.07. The van der Waals surface area contributed by atoms with E-state index >= 15 is 0 Å². The van der Waals surface area contributed by atoms with Gasteiger partial charge in [-0.1, -0.05) is 23.4 Å². The highest BCUT2D eigenvalue weighted by Crippen LogP contribution is 2.31. The maximum Gasteiger partial charge on any atom is 0.325 e. The molecule has 3 heterocycles. The Bertz CT molecular complexity index is 984. The number of nitrogens with one attached hydrogen (secondary N) is 1. The van der Waals surface area contributed by atoms with Crippen molar-refractivity contribution >= 4 is 11.9 Å². The highest BCUT2D eigenvalue weighted by atomic mass is 19.1. The predicted molar refractivity (Wildman–Crippen MR) is 84.8 cm³/mol. The van der Waals surface area contributed by atoms with Crippen LogP contribution in [0.25, 0.3) is 11.6 Å². The number of urea groups is 1. The van der Waals surface area contributed by atoms with E-state index in [2.05, 4.69) is 15.5 Å². The van der Waals surface area contributed by atoms with Crippen LogP contribution in [0.4, 0.5) is 9.18 Å². The van der Waals surface area contributed by atoms with Crippen molar-refractivity contribution in [2.45, 2.75) is 19.0 Å². The number of hydrogen-bond acceptors (Lipinski definition) is 6. The molecule has 1 N–H and O–H groups in total. The lowest BCUT2D eigenvalue weighted by Crippen LogP contribution is -2.41. The number of carbonyl (C=O) groups is 2. The van der Waals surface area contributed by atoms with E-state index in [0.717, 1.165) is 4.90 Å². The Morgan fingerprint density at radius 2 is 2.04 bits per heavy atom. The zero-order valence-electron chi connectivity index (χ0n) is 13.6. The van der Waals surface area contributed by atoms with Gasteiger partial charge in [0.25, 0.3) is 5.91 Å². The number of amides is 3. The lowest BCUT2D eigenvalue weighted by atomic mass is 9.91. The minimum Gasteiger partial charge on any atom is -0.461 e. The van der Waals surface area contributed by atoms with Crippen molar-refractivity contribution in [3.8, 4) is 11.6 Å². The number of carbonyl (C=O) groups excluding carboxylic acids is 2. The molecule has 1 aliphatic rings. The van der Waals surface area contributed by atoms with Gasteiger partial charge < -0.3 is 14.3 Å². The van der Waals surface area contributed by atoms with Gasteiger partial charge in [0.2, 0.25) is 11.7 Å². The van der Waals surface area contributed by atoms with Crippen LogP contribution >= 0.6 is 0 Å². The van der Waals surface area contributed by atoms with Crippen LogP contribution in [0.15, 0.2) is 51.6 Å². The number of imide groups is 1. The molecule has 8 nitrogen and oxygen atoms in total. The van der Waals surface area contributed by atoms with E-state index in [1.807, 2.05) is 0 Å². The Hall–Kier alpha value is -3.49. The first-order valence-corrected chi connectivity index (χ1v) is 7.74. The minimum atomic E-state index is -1.51. The summed E-state index contributed by atoms with van der Waals surface area (Å²) in [5.41, 5.74) is -1.42. The summed E-state index contributed by atoms with van der Waals surface area (Å²) in [7, 11) is 0. The van der Waals surface area contributed by atoms with Crippen LogP contribution in [-0.2, 0) is 16.9 Å². The fourth-order valence-electron chi connectivity index (χ4n) is 2.85. The van der Waals surface area contributed by atoms with E-state index in [-0.39, 0.29) is 23.8 Å². The molecule has 132 valence electrons. The maximum absolute atomic E-state index is 14.1. The van der Waals surface area contributed by atoms with E-state index in [1.54, 1.807) is 18.2 Å². The van der Waals surface area contributed by atoms with Gasteiger partial charge in [-0.3, -0.25) is 9.69 Å². The molecule has 9 heteroatoms. The largest absolute Gasteiger partial charge is 0.461 e. The van der Waals surface area contributed by atoms with E-state index < -0.39 is 23.3 Å². The monoisotopic (exact) mass is 356 g/mol. The highest BCUT2D eigenvalue weighted by Gasteiger charge is 2.50. The summed E-state index contributed by atoms with van der Waals surface area (Å²) in [5, 5.41) is 6.28. The molecule has 26 heavy (non-hydrogen) atoms. The van der Waals surface area contributed by atoms with E-state index in [1.165, 1.54) is 31.4 Å². The molecule has 0 bridgehead atoms. The van der Waals surface area contributed by atoms with Crippen molar-refractivity contribution in [2.24, 2.45) is 0 Å². The topological polar surface area (TPSA) is 101 Å². The van der Waals surface area contributed by atoms with Crippen LogP contribution in [0.1, 0.15) is 18.4 Å². The molecule has 0 saturated carbocycles. The van der Waals surface area contributed by atoms with Crippen molar-refractivity contribution in [1.82, 2.24) is 20.4 Å². The SMILES string of the molecule is CC1(c2ccccc2F)NC(=O)N(Cc2nc(-c3ccco3)no2)C1=O. The Kier molecular flexibility index (Phi) is 3.57. The van der Waals surface area contributed by atoms with Gasteiger partial charge in [-0.2, -0.15) is 4.98 Å². The van der Waals surface area contributed by atoms with Gasteiger partial charge in [-0.15, -0.1) is 0 Å². The lowest BCUT2D eigenvalue weighted by Gasteiger charge is -2.22. The Morgan fingerprint density at radius 1 is 1.23 bits per heavy atom. The molecule has 3 aromatic rings. The fourth-order valence-corrected chi connectivity index (χ4v) is 2.85. The summed E-state index contributed by atoms with van der Waals surface area (Å²) in [4.78, 5) is 30.1. The van der Waals surface area contributed by atoms with Crippen molar-refractivity contribution in [1.29, 1.82) is 0 Å². The number of benzene rings is 1. The molecule has 0 aliphatic carbocycles. The predicted octanol–water partition coefficient (Wildman–Crippen LogP) is 2.44. The quantitative estimate of drug-likeness (QED) is 0.721. The van der Waals surface area contributed by atoms with Gasteiger partial charge in [0.05, 0.1) is 6.26 Å². The van der Waals surface area contributed by atoms with Crippen LogP contribution in [0.2, 0.25) is 0 Å². The lowest BCUT2D eigenvalue weighted by molar-refractivity contribution is -0.131. The first-order chi connectivity index (χ1) is 12.5. The Labute approximate surface area is 146 Å². The van der Waals surface area contributed by atoms with Crippen molar-refractivity contribution in [3.63, 3.8) is 0 Å². The van der Waals surface area contributed by atoms with Gasteiger partial charge in [-0.05, 0) is 25.1 Å². The van der Waals surface area contributed by atoms with Crippen molar-refractivity contribution in [3.05, 3.63) is 59.9 Å². The second-order valence-corrected chi connectivity index (χ2v) is 5.92. The maximum atomic E-state index is 14.1. The second-order valence-electron chi connectivity index (χ2n) is 5.92. The number of hydrogen-bond donors (Lipinski definition) is 1. The van der Waals surface area contributed by atoms with Crippen LogP contribution in [0.3, 0.4) is 0 Å². The Morgan fingerprint density at radius 3 is 2.77 bits per heavy atom. The summed E-state index contributed by atoms with van der Waals surface area (Å²) in [6.07, 6.45) is 1.46. The molecular weight excluding hydrogens is 343 g/mol. The van der Waals surface area contributed by atoms with Crippen LogP contribution in [0.5, 0.6) is 0 Å². The molecule has 0 spiro atoms. The number of furan rings is 1. The van der Waals surface area contributed by atoms with Crippen molar-refractivity contribution < 1.29 is 22.9 Å². The first kappa shape index (κ1) is 16.0. The van der Waals surface area contributed by atoms with E-state index in [4.69, 9.17) is 8.94 Å². The normalized spacial score (nSPS) is 19.8. The average molecular weight is 356 g/mol. The molecule has 4 rings (SSSR count). The number of aromatic nitrogens is 2. The van der Waals surface area contributed by atoms with Crippen molar-refractivity contribution in [2.75, 3.05) is 0 Å². The zero-order valence-corrected chi connectivity index (χ0v) is 13.6. The van der Waals surface area contributed by atoms with E-state index in [0.29, 0.717) is 5.76 Å². The summed E-state index contributed by atoms with van der Waals surface area (Å²) in [6, 6.07) is 8.45. The Balaban J connectivity index is 1.60. The molecule has 1 saturated heterocycles. The fraction of sp³-hybridized carbons (Fsp3) is 0.176. The zero-order chi connectivity index (χ0) is 18.3. The molecule has 1 unspecified atom stereocenters. The molecule has 0 radical (unpaired) electrons. The van der Waals surface area contributed by atoms with Crippen LogP contribution in [0, 0.1) is 5.82 Å². The summed E-state index contributed by atoms with van der Waals surface area (Å²) in [5.74, 6) is -0.534. The summed E-state index contributed by atoms with van der Waals surface area (Å²) < 4.78 is 24.4. The number of halogens is 1.